The zero-order valence-corrected chi connectivity index (χ0v) is 18.3. The number of aromatic nitrogens is 4. The zero-order chi connectivity index (χ0) is 20.0. The predicted octanol–water partition coefficient (Wildman–Crippen LogP) is 5.26. The summed E-state index contributed by atoms with van der Waals surface area (Å²) in [6.07, 6.45) is 0. The number of thiophene rings is 1. The molecular weight excluding hydrogens is 439 g/mol. The molecule has 10 heteroatoms. The van der Waals surface area contributed by atoms with Gasteiger partial charge in [-0.15, -0.1) is 21.5 Å². The number of rotatable bonds is 4. The molecule has 0 saturated heterocycles. The van der Waals surface area contributed by atoms with Gasteiger partial charge in [-0.25, -0.2) is 4.98 Å². The molecule has 0 atom stereocenters. The van der Waals surface area contributed by atoms with Crippen molar-refractivity contribution in [1.29, 1.82) is 0 Å². The van der Waals surface area contributed by atoms with Crippen LogP contribution < -0.4 is 5.56 Å². The van der Waals surface area contributed by atoms with E-state index in [-0.39, 0.29) is 5.56 Å². The Labute approximate surface area is 178 Å². The summed E-state index contributed by atoms with van der Waals surface area (Å²) < 4.78 is 7.26. The molecule has 0 aliphatic carbocycles. The standard InChI is InChI=1S/C18H14Cl2N4O2S2/c1-8-9(2)28-16-14(8)17(25)24(3)18(21-16)27-7-13-22-23-15(26-13)11-5-4-10(19)6-12(11)20/h4-6H,7H2,1-3H3. The van der Waals surface area contributed by atoms with Crippen molar-refractivity contribution < 1.29 is 4.42 Å². The summed E-state index contributed by atoms with van der Waals surface area (Å²) in [7, 11) is 1.72. The van der Waals surface area contributed by atoms with Gasteiger partial charge in [-0.2, -0.15) is 0 Å². The molecule has 144 valence electrons. The summed E-state index contributed by atoms with van der Waals surface area (Å²) in [5, 5.41) is 10.4. The van der Waals surface area contributed by atoms with Gasteiger partial charge in [0.1, 0.15) is 4.83 Å². The van der Waals surface area contributed by atoms with Gasteiger partial charge in [0.15, 0.2) is 5.16 Å². The Kier molecular flexibility index (Phi) is 5.22. The van der Waals surface area contributed by atoms with E-state index in [1.165, 1.54) is 23.1 Å². The number of hydrogen-bond acceptors (Lipinski definition) is 7. The first-order valence-electron chi connectivity index (χ1n) is 8.22. The summed E-state index contributed by atoms with van der Waals surface area (Å²) in [5.74, 6) is 1.12. The molecule has 0 fully saturated rings. The highest BCUT2D eigenvalue weighted by Gasteiger charge is 2.17. The maximum absolute atomic E-state index is 12.7. The maximum Gasteiger partial charge on any atom is 0.262 e. The van der Waals surface area contributed by atoms with Crippen molar-refractivity contribution in [3.05, 3.63) is 54.9 Å². The quantitative estimate of drug-likeness (QED) is 0.310. The van der Waals surface area contributed by atoms with Crippen LogP contribution in [-0.4, -0.2) is 19.7 Å². The fraction of sp³-hybridized carbons (Fsp3) is 0.222. The third kappa shape index (κ3) is 3.45. The highest BCUT2D eigenvalue weighted by atomic mass is 35.5. The minimum Gasteiger partial charge on any atom is -0.420 e. The molecule has 0 saturated carbocycles. The Hall–Kier alpha value is -1.87. The lowest BCUT2D eigenvalue weighted by atomic mass is 10.2. The number of nitrogens with zero attached hydrogens (tertiary/aromatic N) is 4. The molecule has 0 aliphatic heterocycles. The second kappa shape index (κ2) is 7.51. The van der Waals surface area contributed by atoms with Crippen LogP contribution in [0, 0.1) is 13.8 Å². The molecule has 6 nitrogen and oxygen atoms in total. The summed E-state index contributed by atoms with van der Waals surface area (Å²) in [6, 6.07) is 5.06. The van der Waals surface area contributed by atoms with Crippen LogP contribution in [0.15, 0.2) is 32.6 Å². The summed E-state index contributed by atoms with van der Waals surface area (Å²) in [6.45, 7) is 3.95. The summed E-state index contributed by atoms with van der Waals surface area (Å²) >= 11 is 15.0. The van der Waals surface area contributed by atoms with Gasteiger partial charge in [-0.1, -0.05) is 35.0 Å². The average Bonchev–Trinajstić information content (AvgIpc) is 3.22. The number of halogens is 2. The molecule has 4 aromatic rings. The number of benzene rings is 1. The van der Waals surface area contributed by atoms with E-state index in [0.29, 0.717) is 43.7 Å². The zero-order valence-electron chi connectivity index (χ0n) is 15.1. The third-order valence-corrected chi connectivity index (χ3v) is 6.99. The van der Waals surface area contributed by atoms with Gasteiger partial charge in [-0.3, -0.25) is 9.36 Å². The Balaban J connectivity index is 1.59. The summed E-state index contributed by atoms with van der Waals surface area (Å²) in [5.41, 5.74) is 1.56. The maximum atomic E-state index is 12.7. The van der Waals surface area contributed by atoms with E-state index in [9.17, 15) is 4.79 Å². The van der Waals surface area contributed by atoms with Crippen molar-refractivity contribution in [2.45, 2.75) is 24.8 Å². The van der Waals surface area contributed by atoms with Crippen LogP contribution >= 0.6 is 46.3 Å². The molecule has 28 heavy (non-hydrogen) atoms. The molecule has 0 radical (unpaired) electrons. The van der Waals surface area contributed by atoms with Crippen molar-refractivity contribution in [2.75, 3.05) is 0 Å². The molecule has 3 heterocycles. The predicted molar refractivity (Wildman–Crippen MR) is 114 cm³/mol. The van der Waals surface area contributed by atoms with E-state index in [1.54, 1.807) is 29.8 Å². The van der Waals surface area contributed by atoms with Crippen LogP contribution in [0.1, 0.15) is 16.3 Å². The first kappa shape index (κ1) is 19.4. The topological polar surface area (TPSA) is 73.8 Å². The SMILES string of the molecule is Cc1sc2nc(SCc3nnc(-c4ccc(Cl)cc4Cl)o3)n(C)c(=O)c2c1C. The van der Waals surface area contributed by atoms with E-state index in [0.717, 1.165) is 15.3 Å². The number of fused-ring (bicyclic) bond motifs is 1. The second-order valence-corrected chi connectivity index (χ2v) is 9.13. The Morgan fingerprint density at radius 2 is 2.04 bits per heavy atom. The number of aryl methyl sites for hydroxylation is 2. The van der Waals surface area contributed by atoms with Crippen LogP contribution in [0.5, 0.6) is 0 Å². The van der Waals surface area contributed by atoms with Crippen LogP contribution in [0.4, 0.5) is 0 Å². The van der Waals surface area contributed by atoms with E-state index in [2.05, 4.69) is 15.2 Å². The van der Waals surface area contributed by atoms with Crippen molar-refractivity contribution in [1.82, 2.24) is 19.7 Å². The molecule has 0 unspecified atom stereocenters. The van der Waals surface area contributed by atoms with E-state index >= 15 is 0 Å². The van der Waals surface area contributed by atoms with Gasteiger partial charge >= 0.3 is 0 Å². The van der Waals surface area contributed by atoms with Gasteiger partial charge in [-0.05, 0) is 37.6 Å². The smallest absolute Gasteiger partial charge is 0.262 e. The molecule has 0 spiro atoms. The lowest BCUT2D eigenvalue weighted by Gasteiger charge is -2.05. The molecule has 1 aromatic carbocycles. The van der Waals surface area contributed by atoms with Crippen LogP contribution in [0.3, 0.4) is 0 Å². The van der Waals surface area contributed by atoms with Crippen molar-refractivity contribution in [3.8, 4) is 11.5 Å². The fourth-order valence-electron chi connectivity index (χ4n) is 2.70. The molecule has 0 amide bonds. The molecule has 3 aromatic heterocycles. The van der Waals surface area contributed by atoms with Crippen LogP contribution in [0.2, 0.25) is 10.0 Å². The Bertz CT molecular complexity index is 1260. The second-order valence-electron chi connectivity index (χ2n) is 6.14. The molecule has 0 bridgehead atoms. The summed E-state index contributed by atoms with van der Waals surface area (Å²) in [4.78, 5) is 19.2. The van der Waals surface area contributed by atoms with Crippen molar-refractivity contribution >= 4 is 56.5 Å². The van der Waals surface area contributed by atoms with E-state index in [1.807, 2.05) is 13.8 Å². The van der Waals surface area contributed by atoms with E-state index in [4.69, 9.17) is 27.6 Å². The molecule has 4 rings (SSSR count). The average molecular weight is 453 g/mol. The van der Waals surface area contributed by atoms with Crippen molar-refractivity contribution in [2.24, 2.45) is 7.05 Å². The molecular formula is C18H14Cl2N4O2S2. The third-order valence-electron chi connectivity index (χ3n) is 4.32. The monoisotopic (exact) mass is 452 g/mol. The van der Waals surface area contributed by atoms with Crippen LogP contribution in [0.25, 0.3) is 21.7 Å². The number of hydrogen-bond donors (Lipinski definition) is 0. The van der Waals surface area contributed by atoms with Gasteiger partial charge < -0.3 is 4.42 Å². The Morgan fingerprint density at radius 3 is 2.79 bits per heavy atom. The minimum absolute atomic E-state index is 0.0477. The Morgan fingerprint density at radius 1 is 1.25 bits per heavy atom. The van der Waals surface area contributed by atoms with Gasteiger partial charge in [0.25, 0.3) is 5.56 Å². The minimum atomic E-state index is -0.0477. The normalized spacial score (nSPS) is 11.5. The van der Waals surface area contributed by atoms with Crippen molar-refractivity contribution in [3.63, 3.8) is 0 Å². The highest BCUT2D eigenvalue weighted by molar-refractivity contribution is 7.98. The van der Waals surface area contributed by atoms with E-state index < -0.39 is 0 Å². The molecule has 0 N–H and O–H groups in total. The highest BCUT2D eigenvalue weighted by Crippen LogP contribution is 2.31. The van der Waals surface area contributed by atoms with Crippen LogP contribution in [-0.2, 0) is 12.8 Å². The largest absolute Gasteiger partial charge is 0.420 e. The van der Waals surface area contributed by atoms with Gasteiger partial charge in [0.2, 0.25) is 11.8 Å². The van der Waals surface area contributed by atoms with Gasteiger partial charge in [0.05, 0.1) is 21.7 Å². The number of thioether (sulfide) groups is 1. The lowest BCUT2D eigenvalue weighted by Crippen LogP contribution is -2.19. The first-order chi connectivity index (χ1) is 13.3. The fourth-order valence-corrected chi connectivity index (χ4v) is 5.06. The van der Waals surface area contributed by atoms with Gasteiger partial charge in [0, 0.05) is 16.9 Å². The molecule has 0 aliphatic rings. The lowest BCUT2D eigenvalue weighted by molar-refractivity contribution is 0.528. The first-order valence-corrected chi connectivity index (χ1v) is 10.8.